The Bertz CT molecular complexity index is 408. The van der Waals surface area contributed by atoms with Crippen LogP contribution in [0.4, 0.5) is 0 Å². The molecule has 2 heterocycles. The Morgan fingerprint density at radius 1 is 1.29 bits per heavy atom. The molecule has 6 nitrogen and oxygen atoms in total. The highest BCUT2D eigenvalue weighted by atomic mass is 32.2. The third kappa shape index (κ3) is 4.39. The number of ether oxygens (including phenoxy) is 1. The zero-order valence-electron chi connectivity index (χ0n) is 13.3. The maximum atomic E-state index is 12.8. The Morgan fingerprint density at radius 3 is 2.76 bits per heavy atom. The second kappa shape index (κ2) is 7.87. The van der Waals surface area contributed by atoms with E-state index in [2.05, 4.69) is 5.32 Å². The average Bonchev–Trinajstić information content (AvgIpc) is 2.49. The number of hydrogen-bond acceptors (Lipinski definition) is 4. The summed E-state index contributed by atoms with van der Waals surface area (Å²) < 4.78 is 34.3. The first-order valence-corrected chi connectivity index (χ1v) is 9.41. The molecule has 2 unspecified atom stereocenters. The van der Waals surface area contributed by atoms with E-state index in [1.54, 1.807) is 11.4 Å². The van der Waals surface area contributed by atoms with Crippen molar-refractivity contribution in [2.45, 2.75) is 38.1 Å². The molecule has 0 radical (unpaired) electrons. The zero-order valence-corrected chi connectivity index (χ0v) is 14.1. The standard InChI is InChI=1S/C14H29N3O3S/c1-15-10-14-7-3-4-8-17(14)21(18,19)16(2)11-13-6-5-9-20-12-13/h13-15H,3-12H2,1-2H3. The minimum absolute atomic E-state index is 0.0822. The van der Waals surface area contributed by atoms with Crippen LogP contribution in [0.5, 0.6) is 0 Å². The summed E-state index contributed by atoms with van der Waals surface area (Å²) in [4.78, 5) is 0. The van der Waals surface area contributed by atoms with Crippen molar-refractivity contribution < 1.29 is 13.2 Å². The predicted octanol–water partition coefficient (Wildman–Crippen LogP) is 0.664. The summed E-state index contributed by atoms with van der Waals surface area (Å²) in [5.74, 6) is 0.325. The summed E-state index contributed by atoms with van der Waals surface area (Å²) in [6, 6.07) is 0.0822. The molecule has 2 saturated heterocycles. The van der Waals surface area contributed by atoms with Gasteiger partial charge in [0, 0.05) is 39.3 Å². The van der Waals surface area contributed by atoms with Gasteiger partial charge in [0.05, 0.1) is 6.61 Å². The molecule has 2 fully saturated rings. The molecule has 2 aliphatic heterocycles. The van der Waals surface area contributed by atoms with Crippen LogP contribution in [0.2, 0.25) is 0 Å². The molecule has 0 aromatic heterocycles. The molecular formula is C14H29N3O3S. The minimum Gasteiger partial charge on any atom is -0.381 e. The number of hydrogen-bond donors (Lipinski definition) is 1. The molecule has 7 heteroatoms. The Labute approximate surface area is 129 Å². The molecule has 0 aromatic rings. The summed E-state index contributed by atoms with van der Waals surface area (Å²) in [6.07, 6.45) is 5.10. The normalized spacial score (nSPS) is 28.9. The first-order chi connectivity index (χ1) is 10.1. The summed E-state index contributed by atoms with van der Waals surface area (Å²) in [5, 5.41) is 3.12. The zero-order chi connectivity index (χ0) is 15.3. The van der Waals surface area contributed by atoms with Crippen molar-refractivity contribution in [3.05, 3.63) is 0 Å². The van der Waals surface area contributed by atoms with Crippen molar-refractivity contribution >= 4 is 10.2 Å². The Kier molecular flexibility index (Phi) is 6.43. The van der Waals surface area contributed by atoms with Crippen LogP contribution in [-0.4, -0.2) is 70.0 Å². The van der Waals surface area contributed by atoms with E-state index in [1.807, 2.05) is 7.05 Å². The van der Waals surface area contributed by atoms with E-state index in [4.69, 9.17) is 4.74 Å². The fourth-order valence-corrected chi connectivity index (χ4v) is 4.98. The van der Waals surface area contributed by atoms with Crippen LogP contribution in [0, 0.1) is 5.92 Å². The smallest absolute Gasteiger partial charge is 0.282 e. The summed E-state index contributed by atoms with van der Waals surface area (Å²) >= 11 is 0. The van der Waals surface area contributed by atoms with Crippen LogP contribution in [0.3, 0.4) is 0 Å². The van der Waals surface area contributed by atoms with Crippen LogP contribution >= 0.6 is 0 Å². The molecule has 1 N–H and O–H groups in total. The minimum atomic E-state index is -3.36. The van der Waals surface area contributed by atoms with E-state index in [0.717, 1.165) is 45.3 Å². The number of nitrogens with one attached hydrogen (secondary N) is 1. The van der Waals surface area contributed by atoms with Gasteiger partial charge in [0.2, 0.25) is 0 Å². The van der Waals surface area contributed by atoms with Gasteiger partial charge in [0.1, 0.15) is 0 Å². The van der Waals surface area contributed by atoms with Gasteiger partial charge in [-0.15, -0.1) is 0 Å². The SMILES string of the molecule is CNCC1CCCCN1S(=O)(=O)N(C)CC1CCCOC1. The largest absolute Gasteiger partial charge is 0.381 e. The van der Waals surface area contributed by atoms with Crippen molar-refractivity contribution in [3.63, 3.8) is 0 Å². The lowest BCUT2D eigenvalue weighted by Crippen LogP contribution is -2.53. The van der Waals surface area contributed by atoms with Gasteiger partial charge in [0.25, 0.3) is 10.2 Å². The van der Waals surface area contributed by atoms with Crippen molar-refractivity contribution in [3.8, 4) is 0 Å². The van der Waals surface area contributed by atoms with E-state index in [1.165, 1.54) is 4.31 Å². The molecule has 124 valence electrons. The second-order valence-electron chi connectivity index (χ2n) is 6.19. The summed E-state index contributed by atoms with van der Waals surface area (Å²) in [7, 11) is 0.219. The van der Waals surface area contributed by atoms with Crippen molar-refractivity contribution in [1.29, 1.82) is 0 Å². The van der Waals surface area contributed by atoms with Crippen LogP contribution in [0.15, 0.2) is 0 Å². The lowest BCUT2D eigenvalue weighted by Gasteiger charge is -2.38. The summed E-state index contributed by atoms with van der Waals surface area (Å²) in [6.45, 7) is 3.41. The first-order valence-electron chi connectivity index (χ1n) is 8.01. The molecule has 0 spiro atoms. The average molecular weight is 319 g/mol. The Hall–Kier alpha value is -0.210. The van der Waals surface area contributed by atoms with Crippen molar-refractivity contribution in [2.75, 3.05) is 46.9 Å². The maximum Gasteiger partial charge on any atom is 0.282 e. The Morgan fingerprint density at radius 2 is 2.10 bits per heavy atom. The van der Waals surface area contributed by atoms with Gasteiger partial charge in [-0.2, -0.15) is 17.0 Å². The van der Waals surface area contributed by atoms with E-state index in [0.29, 0.717) is 25.6 Å². The third-order valence-electron chi connectivity index (χ3n) is 4.47. The molecule has 0 aliphatic carbocycles. The fraction of sp³-hybridized carbons (Fsp3) is 1.00. The van der Waals surface area contributed by atoms with Crippen LogP contribution < -0.4 is 5.32 Å². The van der Waals surface area contributed by atoms with Crippen LogP contribution in [0.25, 0.3) is 0 Å². The summed E-state index contributed by atoms with van der Waals surface area (Å²) in [5.41, 5.74) is 0. The lowest BCUT2D eigenvalue weighted by atomic mass is 10.0. The molecule has 21 heavy (non-hydrogen) atoms. The van der Waals surface area contributed by atoms with E-state index in [-0.39, 0.29) is 6.04 Å². The van der Waals surface area contributed by atoms with Gasteiger partial charge < -0.3 is 10.1 Å². The quantitative estimate of drug-likeness (QED) is 0.781. The van der Waals surface area contributed by atoms with Gasteiger partial charge in [-0.25, -0.2) is 0 Å². The molecule has 0 aromatic carbocycles. The number of rotatable bonds is 6. The lowest BCUT2D eigenvalue weighted by molar-refractivity contribution is 0.0487. The first kappa shape index (κ1) is 17.1. The molecular weight excluding hydrogens is 290 g/mol. The highest BCUT2D eigenvalue weighted by Crippen LogP contribution is 2.23. The van der Waals surface area contributed by atoms with E-state index >= 15 is 0 Å². The molecule has 0 amide bonds. The fourth-order valence-electron chi connectivity index (χ4n) is 3.31. The van der Waals surface area contributed by atoms with Gasteiger partial charge in [-0.05, 0) is 38.6 Å². The van der Waals surface area contributed by atoms with Gasteiger partial charge >= 0.3 is 0 Å². The van der Waals surface area contributed by atoms with Gasteiger partial charge in [-0.3, -0.25) is 0 Å². The van der Waals surface area contributed by atoms with E-state index in [9.17, 15) is 8.42 Å². The number of nitrogens with zero attached hydrogens (tertiary/aromatic N) is 2. The maximum absolute atomic E-state index is 12.8. The number of likely N-dealkylation sites (N-methyl/N-ethyl adjacent to an activating group) is 1. The van der Waals surface area contributed by atoms with Crippen LogP contribution in [-0.2, 0) is 14.9 Å². The molecule has 2 atom stereocenters. The second-order valence-corrected chi connectivity index (χ2v) is 8.18. The molecule has 0 bridgehead atoms. The predicted molar refractivity (Wildman–Crippen MR) is 83.4 cm³/mol. The highest BCUT2D eigenvalue weighted by molar-refractivity contribution is 7.86. The monoisotopic (exact) mass is 319 g/mol. The Balaban J connectivity index is 2.00. The topological polar surface area (TPSA) is 61.9 Å². The van der Waals surface area contributed by atoms with Gasteiger partial charge in [-0.1, -0.05) is 6.42 Å². The highest BCUT2D eigenvalue weighted by Gasteiger charge is 2.35. The molecule has 2 rings (SSSR count). The van der Waals surface area contributed by atoms with E-state index < -0.39 is 10.2 Å². The third-order valence-corrected chi connectivity index (χ3v) is 6.48. The van der Waals surface area contributed by atoms with Crippen molar-refractivity contribution in [2.24, 2.45) is 5.92 Å². The van der Waals surface area contributed by atoms with Crippen LogP contribution in [0.1, 0.15) is 32.1 Å². The molecule has 0 saturated carbocycles. The van der Waals surface area contributed by atoms with Gasteiger partial charge in [0.15, 0.2) is 0 Å². The number of piperidine rings is 1. The molecule has 2 aliphatic rings. The van der Waals surface area contributed by atoms with Crippen molar-refractivity contribution in [1.82, 2.24) is 13.9 Å².